The van der Waals surface area contributed by atoms with Crippen molar-refractivity contribution < 1.29 is 14.3 Å². The number of carbonyl (C=O) groups is 2. The summed E-state index contributed by atoms with van der Waals surface area (Å²) in [7, 11) is 0. The van der Waals surface area contributed by atoms with Gasteiger partial charge in [-0.3, -0.25) is 4.79 Å². The lowest BCUT2D eigenvalue weighted by atomic mass is 10.1. The predicted molar refractivity (Wildman–Crippen MR) is 143 cm³/mol. The molecule has 3 aromatic carbocycles. The Morgan fingerprint density at radius 2 is 1.64 bits per heavy atom. The van der Waals surface area contributed by atoms with E-state index in [1.165, 1.54) is 11.3 Å². The van der Waals surface area contributed by atoms with Crippen LogP contribution in [-0.2, 0) is 22.4 Å². The van der Waals surface area contributed by atoms with E-state index in [-0.39, 0.29) is 18.3 Å². The summed E-state index contributed by atoms with van der Waals surface area (Å²) in [6.07, 6.45) is 0.585. The maximum absolute atomic E-state index is 12.6. The molecule has 0 bridgehead atoms. The first-order chi connectivity index (χ1) is 17.6. The monoisotopic (exact) mass is 500 g/mol. The van der Waals surface area contributed by atoms with Gasteiger partial charge in [-0.1, -0.05) is 60.7 Å². The average molecular weight is 501 g/mol. The maximum atomic E-state index is 12.6. The number of aromatic nitrogens is 1. The molecule has 4 aromatic rings. The van der Waals surface area contributed by atoms with Gasteiger partial charge in [0.2, 0.25) is 5.91 Å². The fourth-order valence-corrected chi connectivity index (χ4v) is 4.22. The van der Waals surface area contributed by atoms with Crippen LogP contribution in [0.2, 0.25) is 0 Å². The number of amides is 1. The zero-order valence-corrected chi connectivity index (χ0v) is 20.5. The molecule has 0 radical (unpaired) electrons. The normalized spacial score (nSPS) is 11.6. The Morgan fingerprint density at radius 3 is 2.31 bits per heavy atom. The van der Waals surface area contributed by atoms with Gasteiger partial charge in [-0.2, -0.15) is 0 Å². The Kier molecular flexibility index (Phi) is 8.80. The van der Waals surface area contributed by atoms with Crippen molar-refractivity contribution in [3.8, 4) is 0 Å². The molecule has 1 aromatic heterocycles. The molecule has 36 heavy (non-hydrogen) atoms. The lowest BCUT2D eigenvalue weighted by molar-refractivity contribution is -0.115. The first-order valence-corrected chi connectivity index (χ1v) is 12.5. The van der Waals surface area contributed by atoms with E-state index < -0.39 is 6.10 Å². The summed E-state index contributed by atoms with van der Waals surface area (Å²) >= 11 is 1.32. The van der Waals surface area contributed by atoms with Crippen LogP contribution in [0.15, 0.2) is 90.3 Å². The van der Waals surface area contributed by atoms with Crippen LogP contribution in [0.5, 0.6) is 0 Å². The highest BCUT2D eigenvalue weighted by atomic mass is 32.1. The van der Waals surface area contributed by atoms with Crippen molar-refractivity contribution >= 4 is 34.0 Å². The largest absolute Gasteiger partial charge is 0.453 e. The van der Waals surface area contributed by atoms with Crippen molar-refractivity contribution in [3.05, 3.63) is 113 Å². The standard InChI is InChI=1S/C28H28N4O3S/c29-28-32-24(19-36-28)17-26(33)31-23-13-11-20(12-14-23)15-16-30-18-25(21-7-3-1-4-8-21)35-27(34)22-9-5-2-6-10-22/h1-14,19,25,30H,15-18H2,(H2,29,32)(H,31,33)/t25-/m0/s1. The molecule has 7 nitrogen and oxygen atoms in total. The van der Waals surface area contributed by atoms with Gasteiger partial charge in [0.1, 0.15) is 6.10 Å². The average Bonchev–Trinajstić information content (AvgIpc) is 3.31. The minimum absolute atomic E-state index is 0.133. The summed E-state index contributed by atoms with van der Waals surface area (Å²) in [6, 6.07) is 26.5. The number of rotatable bonds is 11. The SMILES string of the molecule is Nc1nc(CC(=O)Nc2ccc(CCNC[C@H](OC(=O)c3ccccc3)c3ccccc3)cc2)cs1. The van der Waals surface area contributed by atoms with E-state index >= 15 is 0 Å². The minimum Gasteiger partial charge on any atom is -0.453 e. The Balaban J connectivity index is 1.25. The third-order valence-corrected chi connectivity index (χ3v) is 6.22. The molecule has 184 valence electrons. The topological polar surface area (TPSA) is 106 Å². The van der Waals surface area contributed by atoms with E-state index in [0.717, 1.165) is 23.2 Å². The van der Waals surface area contributed by atoms with Crippen molar-refractivity contribution in [2.75, 3.05) is 24.1 Å². The zero-order chi connectivity index (χ0) is 25.2. The number of hydrogen-bond acceptors (Lipinski definition) is 7. The fraction of sp³-hybridized carbons (Fsp3) is 0.179. The number of carbonyl (C=O) groups excluding carboxylic acids is 2. The number of nitrogens with two attached hydrogens (primary N) is 1. The molecule has 0 aliphatic heterocycles. The number of ether oxygens (including phenoxy) is 1. The summed E-state index contributed by atoms with van der Waals surface area (Å²) < 4.78 is 5.82. The van der Waals surface area contributed by atoms with Crippen molar-refractivity contribution in [2.24, 2.45) is 0 Å². The quantitative estimate of drug-likeness (QED) is 0.205. The summed E-state index contributed by atoms with van der Waals surface area (Å²) in [4.78, 5) is 28.9. The Morgan fingerprint density at radius 1 is 0.944 bits per heavy atom. The third-order valence-electron chi connectivity index (χ3n) is 5.50. The number of anilines is 2. The van der Waals surface area contributed by atoms with E-state index in [0.29, 0.717) is 29.5 Å². The second-order valence-corrected chi connectivity index (χ2v) is 9.11. The molecule has 0 unspecified atom stereocenters. The Hall–Kier alpha value is -4.01. The summed E-state index contributed by atoms with van der Waals surface area (Å²) in [5.41, 5.74) is 9.61. The van der Waals surface area contributed by atoms with Gasteiger partial charge in [0, 0.05) is 17.6 Å². The molecule has 0 saturated carbocycles. The van der Waals surface area contributed by atoms with Gasteiger partial charge >= 0.3 is 5.97 Å². The van der Waals surface area contributed by atoms with Crippen LogP contribution in [0.1, 0.15) is 33.3 Å². The molecule has 0 spiro atoms. The van der Waals surface area contributed by atoms with Crippen molar-refractivity contribution in [1.82, 2.24) is 10.3 Å². The van der Waals surface area contributed by atoms with Crippen molar-refractivity contribution in [3.63, 3.8) is 0 Å². The molecule has 1 atom stereocenters. The molecule has 4 rings (SSSR count). The highest BCUT2D eigenvalue weighted by molar-refractivity contribution is 7.13. The number of esters is 1. The lowest BCUT2D eigenvalue weighted by Crippen LogP contribution is -2.27. The molecular weight excluding hydrogens is 472 g/mol. The molecule has 8 heteroatoms. The van der Waals surface area contributed by atoms with Gasteiger partial charge < -0.3 is 21.1 Å². The molecule has 1 heterocycles. The number of nitrogen functional groups attached to an aromatic ring is 1. The minimum atomic E-state index is -0.399. The van der Waals surface area contributed by atoms with Gasteiger partial charge in [0.25, 0.3) is 0 Å². The van der Waals surface area contributed by atoms with Crippen LogP contribution in [0.25, 0.3) is 0 Å². The number of benzene rings is 3. The maximum Gasteiger partial charge on any atom is 0.338 e. The van der Waals surface area contributed by atoms with Crippen LogP contribution in [0.3, 0.4) is 0 Å². The number of nitrogens with one attached hydrogen (secondary N) is 2. The zero-order valence-electron chi connectivity index (χ0n) is 19.7. The molecular formula is C28H28N4O3S. The molecule has 0 fully saturated rings. The van der Waals surface area contributed by atoms with Gasteiger partial charge in [-0.05, 0) is 48.4 Å². The highest BCUT2D eigenvalue weighted by Crippen LogP contribution is 2.19. The molecule has 0 aliphatic rings. The molecule has 4 N–H and O–H groups in total. The Bertz CT molecular complexity index is 1260. The second kappa shape index (κ2) is 12.6. The van der Waals surface area contributed by atoms with E-state index in [1.54, 1.807) is 17.5 Å². The van der Waals surface area contributed by atoms with E-state index in [1.807, 2.05) is 72.8 Å². The molecule has 1 amide bonds. The number of thiazole rings is 1. The number of hydrogen-bond donors (Lipinski definition) is 3. The highest BCUT2D eigenvalue weighted by Gasteiger charge is 2.17. The first-order valence-electron chi connectivity index (χ1n) is 11.7. The van der Waals surface area contributed by atoms with Crippen LogP contribution in [0.4, 0.5) is 10.8 Å². The van der Waals surface area contributed by atoms with Crippen LogP contribution in [-0.4, -0.2) is 29.9 Å². The first kappa shape index (κ1) is 25.1. The van der Waals surface area contributed by atoms with Crippen LogP contribution < -0.4 is 16.4 Å². The van der Waals surface area contributed by atoms with Gasteiger partial charge in [0.05, 0.1) is 17.7 Å². The van der Waals surface area contributed by atoms with Gasteiger partial charge in [0.15, 0.2) is 5.13 Å². The number of nitrogens with zero attached hydrogens (tertiary/aromatic N) is 1. The fourth-order valence-electron chi connectivity index (χ4n) is 3.66. The summed E-state index contributed by atoms with van der Waals surface area (Å²) in [5.74, 6) is -0.478. The summed E-state index contributed by atoms with van der Waals surface area (Å²) in [5, 5.41) is 8.53. The predicted octanol–water partition coefficient (Wildman–Crippen LogP) is 4.64. The van der Waals surface area contributed by atoms with E-state index in [4.69, 9.17) is 10.5 Å². The summed E-state index contributed by atoms with van der Waals surface area (Å²) in [6.45, 7) is 1.21. The third kappa shape index (κ3) is 7.49. The lowest BCUT2D eigenvalue weighted by Gasteiger charge is -2.19. The van der Waals surface area contributed by atoms with Crippen LogP contribution in [0, 0.1) is 0 Å². The second-order valence-electron chi connectivity index (χ2n) is 8.22. The smallest absolute Gasteiger partial charge is 0.338 e. The molecule has 0 saturated heterocycles. The van der Waals surface area contributed by atoms with Gasteiger partial charge in [-0.15, -0.1) is 11.3 Å². The van der Waals surface area contributed by atoms with Crippen molar-refractivity contribution in [1.29, 1.82) is 0 Å². The van der Waals surface area contributed by atoms with Gasteiger partial charge in [-0.25, -0.2) is 9.78 Å². The van der Waals surface area contributed by atoms with E-state index in [9.17, 15) is 9.59 Å². The Labute approximate surface area is 214 Å². The van der Waals surface area contributed by atoms with E-state index in [2.05, 4.69) is 15.6 Å². The van der Waals surface area contributed by atoms with Crippen LogP contribution >= 0.6 is 11.3 Å². The van der Waals surface area contributed by atoms with Crippen molar-refractivity contribution in [2.45, 2.75) is 18.9 Å². The molecule has 0 aliphatic carbocycles.